The second kappa shape index (κ2) is 23.8. The van der Waals surface area contributed by atoms with Crippen LogP contribution in [0.15, 0.2) is 17.1 Å². The average molecular weight is 844 g/mol. The van der Waals surface area contributed by atoms with E-state index >= 15 is 0 Å². The van der Waals surface area contributed by atoms with Crippen LogP contribution in [0.2, 0.25) is 0 Å². The summed E-state index contributed by atoms with van der Waals surface area (Å²) >= 11 is 0. The van der Waals surface area contributed by atoms with Gasteiger partial charge in [0.2, 0.25) is 5.91 Å². The van der Waals surface area contributed by atoms with Crippen molar-refractivity contribution in [3.63, 3.8) is 0 Å². The maximum absolute atomic E-state index is 13.1. The van der Waals surface area contributed by atoms with E-state index in [2.05, 4.69) is 15.1 Å². The molecule has 0 bridgehead atoms. The van der Waals surface area contributed by atoms with Gasteiger partial charge in [0.1, 0.15) is 60.6 Å². The van der Waals surface area contributed by atoms with E-state index in [-0.39, 0.29) is 70.9 Å². The standard InChI is InChI=1S/C22H40N4O15.C9H13N3O5/c23-16(12(28)1-3-37-5-7-39-8-6-38-4-2-26-15(31)11-40-25)18(33)22(24)14(30)9-21(36,20(34)35)41-19(22)17(32)13(29)10-27;10-5-1-2-12(9(16)11-5)8-7(15)6(14)4(3-13)17-8/h13-14,16-17,19,27,29-30,32,36H,1-11,23-25H2,(H,26,31)(H,34,35);1-2,4,6-8,13-15H,3H2,(H2,10,11,16)/t13?,14-,16?,17?,19-,21?,22-;4-,6-,7-,8-/m01/s1. The number of Topliss-reactive ketones (excluding diaryl/α,β-unsaturated/α-hetero) is 2. The Kier molecular flexibility index (Phi) is 20.7. The Morgan fingerprint density at radius 2 is 1.62 bits per heavy atom. The van der Waals surface area contributed by atoms with Crippen molar-refractivity contribution in [2.75, 3.05) is 71.7 Å². The number of nitrogens with one attached hydrogen (secondary N) is 1. The number of carboxylic acid groups (broad SMARTS) is 1. The normalized spacial score (nSPS) is 28.5. The number of ether oxygens (including phenoxy) is 5. The molecule has 2 fully saturated rings. The Labute approximate surface area is 328 Å². The highest BCUT2D eigenvalue weighted by Gasteiger charge is 2.63. The Morgan fingerprint density at radius 1 is 1.02 bits per heavy atom. The topological polar surface area (TPSA) is 457 Å². The summed E-state index contributed by atoms with van der Waals surface area (Å²) in [5.74, 6) is -2.93. The van der Waals surface area contributed by atoms with Crippen molar-refractivity contribution in [3.8, 4) is 0 Å². The van der Waals surface area contributed by atoms with E-state index in [1.165, 1.54) is 12.3 Å². The molecule has 1 aromatic heterocycles. The van der Waals surface area contributed by atoms with Gasteiger partial charge in [-0.2, -0.15) is 4.98 Å². The number of hydrogen-bond donors (Lipinski definition) is 14. The molecule has 0 spiro atoms. The number of anilines is 1. The third-order valence-corrected chi connectivity index (χ3v) is 8.76. The van der Waals surface area contributed by atoms with Crippen LogP contribution in [0.3, 0.4) is 0 Å². The van der Waals surface area contributed by atoms with Gasteiger partial charge < -0.3 is 92.2 Å². The monoisotopic (exact) mass is 843 g/mol. The molecule has 2 aliphatic rings. The van der Waals surface area contributed by atoms with Gasteiger partial charge >= 0.3 is 11.7 Å². The first kappa shape index (κ1) is 50.4. The van der Waals surface area contributed by atoms with E-state index in [1.54, 1.807) is 0 Å². The van der Waals surface area contributed by atoms with Crippen molar-refractivity contribution in [2.24, 2.45) is 17.4 Å². The van der Waals surface area contributed by atoms with E-state index in [9.17, 15) is 59.7 Å². The number of carbonyl (C=O) groups is 4. The fourth-order valence-corrected chi connectivity index (χ4v) is 5.48. The van der Waals surface area contributed by atoms with Crippen LogP contribution >= 0.6 is 0 Å². The molecule has 3 heterocycles. The molecule has 0 radical (unpaired) electrons. The Balaban J connectivity index is 0.000000561. The van der Waals surface area contributed by atoms with E-state index in [1.807, 2.05) is 0 Å². The third kappa shape index (κ3) is 13.4. The highest BCUT2D eigenvalue weighted by molar-refractivity contribution is 6.10. The minimum Gasteiger partial charge on any atom is -0.477 e. The van der Waals surface area contributed by atoms with Crippen LogP contribution in [0.1, 0.15) is 19.1 Å². The largest absolute Gasteiger partial charge is 0.477 e. The maximum Gasteiger partial charge on any atom is 0.364 e. The van der Waals surface area contributed by atoms with Gasteiger partial charge in [0.05, 0.1) is 59.0 Å². The lowest BCUT2D eigenvalue weighted by molar-refractivity contribution is -0.304. The Bertz CT molecular complexity index is 1540. The van der Waals surface area contributed by atoms with Crippen molar-refractivity contribution in [1.82, 2.24) is 14.9 Å². The predicted molar refractivity (Wildman–Crippen MR) is 188 cm³/mol. The molecule has 0 saturated carbocycles. The number of carboxylic acids is 1. The minimum atomic E-state index is -3.11. The van der Waals surface area contributed by atoms with E-state index < -0.39 is 109 Å². The highest BCUT2D eigenvalue weighted by atomic mass is 16.7. The first-order chi connectivity index (χ1) is 27.3. The molecule has 332 valence electrons. The summed E-state index contributed by atoms with van der Waals surface area (Å²) < 4.78 is 26.9. The zero-order valence-electron chi connectivity index (χ0n) is 31.1. The van der Waals surface area contributed by atoms with E-state index in [0.29, 0.717) is 0 Å². The van der Waals surface area contributed by atoms with Gasteiger partial charge in [-0.25, -0.2) is 15.5 Å². The Hall–Kier alpha value is -3.72. The number of amides is 1. The number of aliphatic carboxylic acids is 1. The zero-order valence-corrected chi connectivity index (χ0v) is 31.1. The van der Waals surface area contributed by atoms with Crippen LogP contribution < -0.4 is 34.1 Å². The van der Waals surface area contributed by atoms with Crippen LogP contribution in [0, 0.1) is 0 Å². The summed E-state index contributed by atoms with van der Waals surface area (Å²) in [6.07, 6.45) is -13.6. The molecule has 27 nitrogen and oxygen atoms in total. The van der Waals surface area contributed by atoms with Gasteiger partial charge in [0.15, 0.2) is 17.8 Å². The summed E-state index contributed by atoms with van der Waals surface area (Å²) in [4.78, 5) is 67.4. The number of aliphatic hydroxyl groups excluding tert-OH is 7. The zero-order chi connectivity index (χ0) is 43.8. The number of ketones is 2. The summed E-state index contributed by atoms with van der Waals surface area (Å²) in [5.41, 5.74) is 13.7. The first-order valence-electron chi connectivity index (χ1n) is 17.5. The minimum absolute atomic E-state index is 0.0537. The number of rotatable bonds is 23. The molecule has 58 heavy (non-hydrogen) atoms. The third-order valence-electron chi connectivity index (χ3n) is 8.76. The fourth-order valence-electron chi connectivity index (χ4n) is 5.48. The molecule has 1 aromatic rings. The number of aliphatic hydroxyl groups is 8. The van der Waals surface area contributed by atoms with E-state index in [4.69, 9.17) is 57.0 Å². The van der Waals surface area contributed by atoms with Gasteiger partial charge in [-0.1, -0.05) is 0 Å². The van der Waals surface area contributed by atoms with Gasteiger partial charge in [-0.3, -0.25) is 23.8 Å². The second-order valence-electron chi connectivity index (χ2n) is 12.8. The molecule has 2 saturated heterocycles. The number of nitrogens with zero attached hydrogens (tertiary/aromatic N) is 2. The second-order valence-corrected chi connectivity index (χ2v) is 12.8. The lowest BCUT2D eigenvalue weighted by atomic mass is 9.72. The molecule has 2 aliphatic heterocycles. The molecular weight excluding hydrogens is 790 g/mol. The average Bonchev–Trinajstić information content (AvgIpc) is 3.47. The molecule has 4 unspecified atom stereocenters. The number of hydrogen-bond acceptors (Lipinski definition) is 24. The number of carbonyl (C=O) groups excluding carboxylic acids is 3. The molecular formula is C31H53N7O20. The quantitative estimate of drug-likeness (QED) is 0.0276. The van der Waals surface area contributed by atoms with Crippen LogP contribution in [-0.4, -0.2) is 205 Å². The van der Waals surface area contributed by atoms with Crippen LogP contribution in [-0.2, 0) is 47.7 Å². The van der Waals surface area contributed by atoms with Crippen molar-refractivity contribution in [1.29, 1.82) is 0 Å². The van der Waals surface area contributed by atoms with Gasteiger partial charge in [0, 0.05) is 25.6 Å². The van der Waals surface area contributed by atoms with Gasteiger partial charge in [0.25, 0.3) is 5.79 Å². The number of nitrogen functional groups attached to an aromatic ring is 1. The SMILES string of the molecule is NOCC(=O)NCCOCCOCCOCCC(=O)C(N)C(=O)[C@@]1(N)[C@@H](O)CC(O)(C(=O)O)O[C@H]1C(O)C(O)CO.Nc1ccn([C@@H]2O[C@H](CO)[C@@H](O)[C@H]2O)c(=O)n1. The van der Waals surface area contributed by atoms with Gasteiger partial charge in [-0.05, 0) is 6.07 Å². The summed E-state index contributed by atoms with van der Waals surface area (Å²) in [6, 6.07) is -0.615. The van der Waals surface area contributed by atoms with Crippen molar-refractivity contribution >= 4 is 29.3 Å². The smallest absolute Gasteiger partial charge is 0.364 e. The van der Waals surface area contributed by atoms with Crippen LogP contribution in [0.4, 0.5) is 5.82 Å². The summed E-state index contributed by atoms with van der Waals surface area (Å²) in [6.45, 7) is -0.806. The molecule has 18 N–H and O–H groups in total. The summed E-state index contributed by atoms with van der Waals surface area (Å²) in [5, 5.41) is 90.0. The van der Waals surface area contributed by atoms with Crippen molar-refractivity contribution in [2.45, 2.75) is 79.2 Å². The molecule has 0 aromatic carbocycles. The molecule has 0 aliphatic carbocycles. The maximum atomic E-state index is 13.1. The molecule has 11 atom stereocenters. The highest BCUT2D eigenvalue weighted by Crippen LogP contribution is 2.37. The first-order valence-corrected chi connectivity index (χ1v) is 17.5. The lowest BCUT2D eigenvalue weighted by Gasteiger charge is -2.50. The molecule has 1 amide bonds. The van der Waals surface area contributed by atoms with Crippen molar-refractivity contribution < 1.29 is 93.7 Å². The lowest BCUT2D eigenvalue weighted by Crippen LogP contribution is -2.78. The molecule has 27 heteroatoms. The van der Waals surface area contributed by atoms with Crippen LogP contribution in [0.5, 0.6) is 0 Å². The number of nitrogens with two attached hydrogens (primary N) is 4. The van der Waals surface area contributed by atoms with E-state index in [0.717, 1.165) is 4.57 Å². The number of aromatic nitrogens is 2. The predicted octanol–water partition coefficient (Wildman–Crippen LogP) is -9.33. The molecule has 3 rings (SSSR count). The summed E-state index contributed by atoms with van der Waals surface area (Å²) in [7, 11) is 0. The van der Waals surface area contributed by atoms with Gasteiger partial charge in [-0.15, -0.1) is 0 Å². The fraction of sp³-hybridized carbons (Fsp3) is 0.742. The Morgan fingerprint density at radius 3 is 2.16 bits per heavy atom. The van der Waals surface area contributed by atoms with Crippen molar-refractivity contribution in [3.05, 3.63) is 22.7 Å². The van der Waals surface area contributed by atoms with Crippen LogP contribution in [0.25, 0.3) is 0 Å².